The highest BCUT2D eigenvalue weighted by Gasteiger charge is 2.37. The summed E-state index contributed by atoms with van der Waals surface area (Å²) in [5, 5.41) is 6.56. The summed E-state index contributed by atoms with van der Waals surface area (Å²) in [4.78, 5) is 23.0. The van der Waals surface area contributed by atoms with Crippen molar-refractivity contribution in [2.75, 3.05) is 52.9 Å². The Kier molecular flexibility index (Phi) is 10.0. The van der Waals surface area contributed by atoms with Crippen molar-refractivity contribution in [1.82, 2.24) is 29.8 Å². The molecule has 8 nitrogen and oxygen atoms in total. The molecule has 12 heteroatoms. The van der Waals surface area contributed by atoms with Crippen LogP contribution in [0.2, 0.25) is 0 Å². The summed E-state index contributed by atoms with van der Waals surface area (Å²) in [6.07, 6.45) is 1.42. The number of guanidine groups is 1. The number of aliphatic imine (C=N–C) groups is 1. The molecule has 0 aliphatic carbocycles. The third-order valence-electron chi connectivity index (χ3n) is 5.81. The third-order valence-corrected chi connectivity index (χ3v) is 5.81. The molecule has 0 aromatic carbocycles. The first-order valence-corrected chi connectivity index (χ1v) is 10.8. The summed E-state index contributed by atoms with van der Waals surface area (Å²) in [6, 6.07) is 0. The van der Waals surface area contributed by atoms with Crippen molar-refractivity contribution in [3.8, 4) is 0 Å². The van der Waals surface area contributed by atoms with E-state index in [4.69, 9.17) is 0 Å². The highest BCUT2D eigenvalue weighted by atomic mass is 127. The molecule has 2 aliphatic heterocycles. The first kappa shape index (κ1) is 26.7. The Bertz CT molecular complexity index is 768. The second-order valence-electron chi connectivity index (χ2n) is 8.13. The maximum atomic E-state index is 13.1. The van der Waals surface area contributed by atoms with Crippen LogP contribution < -0.4 is 5.32 Å². The topological polar surface area (TPSA) is 69.0 Å². The average Bonchev–Trinajstić information content (AvgIpc) is 2.93. The fourth-order valence-electron chi connectivity index (χ4n) is 4.14. The van der Waals surface area contributed by atoms with E-state index >= 15 is 0 Å². The van der Waals surface area contributed by atoms with E-state index in [1.807, 2.05) is 9.80 Å². The Morgan fingerprint density at radius 1 is 1.06 bits per heavy atom. The van der Waals surface area contributed by atoms with Gasteiger partial charge in [-0.3, -0.25) is 19.4 Å². The summed E-state index contributed by atoms with van der Waals surface area (Å²) in [7, 11) is 3.09. The van der Waals surface area contributed by atoms with Gasteiger partial charge in [-0.1, -0.05) is 12.8 Å². The number of hydrogen-bond donors (Lipinski definition) is 1. The summed E-state index contributed by atoms with van der Waals surface area (Å²) >= 11 is 0. The van der Waals surface area contributed by atoms with Crippen LogP contribution in [-0.4, -0.2) is 89.2 Å². The number of likely N-dealkylation sites (tertiary alicyclic amines) is 1. The lowest BCUT2D eigenvalue weighted by atomic mass is 10.2. The number of carbonyl (C=O) groups is 1. The van der Waals surface area contributed by atoms with Crippen molar-refractivity contribution < 1.29 is 18.0 Å². The maximum absolute atomic E-state index is 13.1. The molecule has 0 spiro atoms. The van der Waals surface area contributed by atoms with Crippen LogP contribution in [0.5, 0.6) is 0 Å². The van der Waals surface area contributed by atoms with Gasteiger partial charge in [0, 0.05) is 71.7 Å². The lowest BCUT2D eigenvalue weighted by Gasteiger charge is -2.37. The average molecular weight is 571 g/mol. The molecule has 32 heavy (non-hydrogen) atoms. The SMILES string of the molecule is CN=C(NCc1cn(C)nc1C(F)(F)F)N1CCN(CC(=O)N2CCCCCC2)CC1.I. The lowest BCUT2D eigenvalue weighted by molar-refractivity contribution is -0.142. The van der Waals surface area contributed by atoms with Gasteiger partial charge in [0.25, 0.3) is 0 Å². The zero-order valence-corrected chi connectivity index (χ0v) is 21.0. The first-order chi connectivity index (χ1) is 14.8. The van der Waals surface area contributed by atoms with E-state index in [1.165, 1.54) is 30.8 Å². The Balaban J connectivity index is 0.00000363. The number of nitrogens with zero attached hydrogens (tertiary/aromatic N) is 6. The van der Waals surface area contributed by atoms with Gasteiger partial charge >= 0.3 is 6.18 Å². The monoisotopic (exact) mass is 571 g/mol. The highest BCUT2D eigenvalue weighted by molar-refractivity contribution is 14.0. The van der Waals surface area contributed by atoms with Crippen molar-refractivity contribution in [3.05, 3.63) is 17.5 Å². The minimum Gasteiger partial charge on any atom is -0.352 e. The minimum atomic E-state index is -4.49. The molecule has 2 fully saturated rings. The van der Waals surface area contributed by atoms with Crippen LogP contribution in [0.1, 0.15) is 36.9 Å². The quantitative estimate of drug-likeness (QED) is 0.341. The van der Waals surface area contributed by atoms with Gasteiger partial charge < -0.3 is 15.1 Å². The first-order valence-electron chi connectivity index (χ1n) is 10.8. The van der Waals surface area contributed by atoms with Gasteiger partial charge in [-0.25, -0.2) is 0 Å². The molecule has 0 unspecified atom stereocenters. The zero-order valence-electron chi connectivity index (χ0n) is 18.7. The van der Waals surface area contributed by atoms with Crippen LogP contribution in [-0.2, 0) is 24.6 Å². The fraction of sp³-hybridized carbons (Fsp3) is 0.750. The highest BCUT2D eigenvalue weighted by Crippen LogP contribution is 2.30. The lowest BCUT2D eigenvalue weighted by Crippen LogP contribution is -2.54. The van der Waals surface area contributed by atoms with Gasteiger partial charge in [0.1, 0.15) is 0 Å². The van der Waals surface area contributed by atoms with Crippen molar-refractivity contribution in [3.63, 3.8) is 0 Å². The predicted molar refractivity (Wildman–Crippen MR) is 127 cm³/mol. The molecule has 0 atom stereocenters. The minimum absolute atomic E-state index is 0. The molecule has 3 heterocycles. The normalized spacial score (nSPS) is 18.8. The molecule has 1 N–H and O–H groups in total. The van der Waals surface area contributed by atoms with Gasteiger partial charge in [0.15, 0.2) is 11.7 Å². The molecule has 182 valence electrons. The van der Waals surface area contributed by atoms with Crippen LogP contribution in [0.4, 0.5) is 13.2 Å². The molecule has 1 aromatic rings. The number of carbonyl (C=O) groups excluding carboxylic acids is 1. The number of piperazine rings is 1. The predicted octanol–water partition coefficient (Wildman–Crippen LogP) is 2.15. The van der Waals surface area contributed by atoms with Crippen molar-refractivity contribution in [1.29, 1.82) is 0 Å². The number of nitrogens with one attached hydrogen (secondary N) is 1. The van der Waals surface area contributed by atoms with Gasteiger partial charge in [-0.2, -0.15) is 18.3 Å². The molecule has 1 aromatic heterocycles. The summed E-state index contributed by atoms with van der Waals surface area (Å²) < 4.78 is 40.6. The Labute approximate surface area is 204 Å². The zero-order chi connectivity index (χ0) is 22.4. The second kappa shape index (κ2) is 12.1. The molecular formula is C20H33F3IN7O. The summed E-state index contributed by atoms with van der Waals surface area (Å²) in [6.45, 7) is 4.85. The van der Waals surface area contributed by atoms with Crippen LogP contribution >= 0.6 is 24.0 Å². The van der Waals surface area contributed by atoms with E-state index in [0.717, 1.165) is 25.9 Å². The number of amides is 1. The van der Waals surface area contributed by atoms with E-state index in [-0.39, 0.29) is 42.0 Å². The number of aromatic nitrogens is 2. The van der Waals surface area contributed by atoms with Crippen LogP contribution in [0.25, 0.3) is 0 Å². The number of hydrogen-bond acceptors (Lipinski definition) is 4. The van der Waals surface area contributed by atoms with E-state index in [2.05, 4.69) is 20.3 Å². The van der Waals surface area contributed by atoms with Crippen LogP contribution in [0.3, 0.4) is 0 Å². The molecule has 2 saturated heterocycles. The second-order valence-corrected chi connectivity index (χ2v) is 8.13. The molecule has 2 aliphatic rings. The maximum Gasteiger partial charge on any atom is 0.435 e. The van der Waals surface area contributed by atoms with E-state index in [0.29, 0.717) is 38.7 Å². The standard InChI is InChI=1S/C20H32F3N7O.HI/c1-24-19(25-13-16-14-27(2)26-18(16)20(21,22)23)30-11-9-28(10-12-30)15-17(31)29-7-5-3-4-6-8-29;/h14H,3-13,15H2,1-2H3,(H,24,25);1H. The number of alkyl halides is 3. The van der Waals surface area contributed by atoms with Crippen molar-refractivity contribution in [2.24, 2.45) is 12.0 Å². The number of halogens is 4. The smallest absolute Gasteiger partial charge is 0.352 e. The van der Waals surface area contributed by atoms with E-state index in [9.17, 15) is 18.0 Å². The van der Waals surface area contributed by atoms with Crippen molar-refractivity contribution >= 4 is 35.8 Å². The molecule has 1 amide bonds. The van der Waals surface area contributed by atoms with Crippen LogP contribution in [0, 0.1) is 0 Å². The largest absolute Gasteiger partial charge is 0.435 e. The van der Waals surface area contributed by atoms with Crippen LogP contribution in [0.15, 0.2) is 11.2 Å². The molecule has 0 bridgehead atoms. The Morgan fingerprint density at radius 2 is 1.69 bits per heavy atom. The van der Waals surface area contributed by atoms with Gasteiger partial charge in [0.2, 0.25) is 5.91 Å². The number of rotatable bonds is 4. The summed E-state index contributed by atoms with van der Waals surface area (Å²) in [5.74, 6) is 0.740. The van der Waals surface area contributed by atoms with Gasteiger partial charge in [-0.15, -0.1) is 24.0 Å². The molecule has 0 radical (unpaired) electrons. The Hall–Kier alpha value is -1.57. The van der Waals surface area contributed by atoms with Crippen molar-refractivity contribution in [2.45, 2.75) is 38.4 Å². The van der Waals surface area contributed by atoms with E-state index in [1.54, 1.807) is 7.05 Å². The molecule has 3 rings (SSSR count). The number of aryl methyl sites for hydroxylation is 1. The molecular weight excluding hydrogens is 538 g/mol. The molecule has 0 saturated carbocycles. The van der Waals surface area contributed by atoms with Gasteiger partial charge in [-0.05, 0) is 12.8 Å². The van der Waals surface area contributed by atoms with E-state index < -0.39 is 11.9 Å². The summed E-state index contributed by atoms with van der Waals surface area (Å²) in [5.41, 5.74) is -0.798. The Morgan fingerprint density at radius 3 is 2.25 bits per heavy atom. The fourth-order valence-corrected chi connectivity index (χ4v) is 4.14. The third kappa shape index (κ3) is 7.22. The van der Waals surface area contributed by atoms with Gasteiger partial charge in [0.05, 0.1) is 6.54 Å².